The number of aromatic nitrogens is 1. The smallest absolute Gasteiger partial charge is 0.216 e. The molecular formula is C27H32N4O. The number of hydrogen-bond donors (Lipinski definition) is 3. The molecule has 4 rings (SSSR count). The fraction of sp³-hybridized carbons (Fsp3) is 0.333. The van der Waals surface area contributed by atoms with Gasteiger partial charge in [0.15, 0.2) is 0 Å². The molecule has 5 nitrogen and oxygen atoms in total. The molecule has 0 spiro atoms. The number of benzene rings is 2. The van der Waals surface area contributed by atoms with Crippen LogP contribution in [0.4, 0.5) is 5.82 Å². The number of nitrogens with zero attached hydrogens (tertiary/aromatic N) is 1. The molecule has 4 N–H and O–H groups in total. The van der Waals surface area contributed by atoms with E-state index in [9.17, 15) is 4.79 Å². The molecule has 32 heavy (non-hydrogen) atoms. The topological polar surface area (TPSA) is 80.0 Å². The van der Waals surface area contributed by atoms with E-state index in [1.807, 2.05) is 6.07 Å². The van der Waals surface area contributed by atoms with Crippen LogP contribution in [0.1, 0.15) is 47.4 Å². The van der Waals surface area contributed by atoms with Gasteiger partial charge in [-0.15, -0.1) is 0 Å². The molecule has 2 heterocycles. The van der Waals surface area contributed by atoms with Gasteiger partial charge in [-0.1, -0.05) is 48.5 Å². The molecule has 1 amide bonds. The number of nitrogen functional groups attached to an aromatic ring is 1. The maximum absolute atomic E-state index is 11.2. The third-order valence-electron chi connectivity index (χ3n) is 6.52. The van der Waals surface area contributed by atoms with Gasteiger partial charge in [0.25, 0.3) is 0 Å². The zero-order chi connectivity index (χ0) is 22.5. The van der Waals surface area contributed by atoms with Crippen molar-refractivity contribution in [1.82, 2.24) is 15.6 Å². The number of anilines is 1. The van der Waals surface area contributed by atoms with Crippen molar-refractivity contribution >= 4 is 11.7 Å². The normalized spacial score (nSPS) is 18.3. The molecule has 1 aromatic heterocycles. The van der Waals surface area contributed by atoms with Gasteiger partial charge in [0, 0.05) is 32.1 Å². The highest BCUT2D eigenvalue weighted by molar-refractivity contribution is 5.73. The first kappa shape index (κ1) is 22.0. The van der Waals surface area contributed by atoms with E-state index in [2.05, 4.69) is 71.1 Å². The lowest BCUT2D eigenvalue weighted by Crippen LogP contribution is -2.34. The first-order valence-electron chi connectivity index (χ1n) is 11.4. The SMILES string of the molecule is CC(=O)NCCc1ccccc1-c1ccc([C@H]2CNCC[C@@H]2c2cccnc2N)c(C)c1. The van der Waals surface area contributed by atoms with Crippen LogP contribution in [0.3, 0.4) is 0 Å². The van der Waals surface area contributed by atoms with Crippen LogP contribution in [-0.4, -0.2) is 30.5 Å². The van der Waals surface area contributed by atoms with E-state index in [4.69, 9.17) is 5.73 Å². The Morgan fingerprint density at radius 1 is 1.12 bits per heavy atom. The highest BCUT2D eigenvalue weighted by Crippen LogP contribution is 2.41. The molecule has 2 atom stereocenters. The monoisotopic (exact) mass is 428 g/mol. The van der Waals surface area contributed by atoms with Crippen LogP contribution in [0.2, 0.25) is 0 Å². The fourth-order valence-electron chi connectivity index (χ4n) is 4.95. The minimum absolute atomic E-state index is 0.00702. The summed E-state index contributed by atoms with van der Waals surface area (Å²) in [5.41, 5.74) is 13.7. The van der Waals surface area contributed by atoms with Crippen molar-refractivity contribution in [2.24, 2.45) is 0 Å². The molecule has 1 saturated heterocycles. The molecular weight excluding hydrogens is 396 g/mol. The van der Waals surface area contributed by atoms with E-state index in [1.165, 1.54) is 27.8 Å². The average Bonchev–Trinajstić information content (AvgIpc) is 2.80. The first-order valence-corrected chi connectivity index (χ1v) is 11.4. The molecule has 0 aliphatic carbocycles. The predicted molar refractivity (Wildman–Crippen MR) is 131 cm³/mol. The molecule has 0 saturated carbocycles. The summed E-state index contributed by atoms with van der Waals surface area (Å²) >= 11 is 0. The van der Waals surface area contributed by atoms with E-state index in [1.54, 1.807) is 13.1 Å². The standard InChI is InChI=1S/C27H32N4O/c1-18-16-21(23-7-4-3-6-20(23)11-15-30-19(2)32)9-10-22(18)26-17-29-14-12-24(26)25-8-5-13-31-27(25)28/h3-10,13,16,24,26,29H,11-12,14-15,17H2,1-2H3,(H2,28,31)(H,30,32)/t24-,26-/m1/s1. The zero-order valence-corrected chi connectivity index (χ0v) is 18.9. The molecule has 2 aromatic carbocycles. The summed E-state index contributed by atoms with van der Waals surface area (Å²) in [7, 11) is 0. The number of hydrogen-bond acceptors (Lipinski definition) is 4. The highest BCUT2D eigenvalue weighted by atomic mass is 16.1. The number of carbonyl (C=O) groups is 1. The van der Waals surface area contributed by atoms with Crippen LogP contribution in [0, 0.1) is 6.92 Å². The Bertz CT molecular complexity index is 1090. The minimum Gasteiger partial charge on any atom is -0.383 e. The molecule has 1 fully saturated rings. The number of amides is 1. The Balaban J connectivity index is 1.63. The number of rotatable bonds is 6. The van der Waals surface area contributed by atoms with Gasteiger partial charge in [0.05, 0.1) is 0 Å². The minimum atomic E-state index is 0.00702. The Morgan fingerprint density at radius 2 is 1.97 bits per heavy atom. The Morgan fingerprint density at radius 3 is 2.75 bits per heavy atom. The van der Waals surface area contributed by atoms with Crippen molar-refractivity contribution < 1.29 is 4.79 Å². The lowest BCUT2D eigenvalue weighted by Gasteiger charge is -2.34. The zero-order valence-electron chi connectivity index (χ0n) is 18.9. The third kappa shape index (κ3) is 4.83. The van der Waals surface area contributed by atoms with Crippen molar-refractivity contribution in [2.75, 3.05) is 25.4 Å². The van der Waals surface area contributed by atoms with Crippen molar-refractivity contribution in [2.45, 2.75) is 38.5 Å². The first-order chi connectivity index (χ1) is 15.5. The second kappa shape index (κ2) is 9.96. The molecule has 1 aliphatic heterocycles. The number of nitrogens with one attached hydrogen (secondary N) is 2. The Hall–Kier alpha value is -3.18. The van der Waals surface area contributed by atoms with Gasteiger partial charge in [0.1, 0.15) is 5.82 Å². The number of aryl methyl sites for hydroxylation is 1. The molecule has 0 radical (unpaired) electrons. The molecule has 0 bridgehead atoms. The van der Waals surface area contributed by atoms with Gasteiger partial charge >= 0.3 is 0 Å². The lowest BCUT2D eigenvalue weighted by molar-refractivity contribution is -0.118. The lowest BCUT2D eigenvalue weighted by atomic mass is 9.76. The number of pyridine rings is 1. The number of piperidine rings is 1. The quantitative estimate of drug-likeness (QED) is 0.550. The van der Waals surface area contributed by atoms with Gasteiger partial charge in [-0.25, -0.2) is 4.98 Å². The maximum Gasteiger partial charge on any atom is 0.216 e. The van der Waals surface area contributed by atoms with Crippen molar-refractivity contribution in [3.63, 3.8) is 0 Å². The van der Waals surface area contributed by atoms with Crippen LogP contribution >= 0.6 is 0 Å². The molecule has 166 valence electrons. The van der Waals surface area contributed by atoms with E-state index in [-0.39, 0.29) is 5.91 Å². The van der Waals surface area contributed by atoms with Crippen molar-refractivity contribution in [3.8, 4) is 11.1 Å². The van der Waals surface area contributed by atoms with Gasteiger partial charge in [0.2, 0.25) is 5.91 Å². The highest BCUT2D eigenvalue weighted by Gasteiger charge is 2.30. The molecule has 1 aliphatic rings. The second-order valence-electron chi connectivity index (χ2n) is 8.65. The maximum atomic E-state index is 11.2. The number of carbonyl (C=O) groups excluding carboxylic acids is 1. The Labute approximate surface area is 190 Å². The summed E-state index contributed by atoms with van der Waals surface area (Å²) in [5.74, 6) is 1.37. The van der Waals surface area contributed by atoms with Crippen LogP contribution in [-0.2, 0) is 11.2 Å². The fourth-order valence-corrected chi connectivity index (χ4v) is 4.95. The summed E-state index contributed by atoms with van der Waals surface area (Å²) in [6, 6.07) is 19.4. The van der Waals surface area contributed by atoms with Crippen molar-refractivity contribution in [1.29, 1.82) is 0 Å². The molecule has 0 unspecified atom stereocenters. The van der Waals surface area contributed by atoms with Gasteiger partial charge < -0.3 is 16.4 Å². The predicted octanol–water partition coefficient (Wildman–Crippen LogP) is 4.18. The van der Waals surface area contributed by atoms with E-state index >= 15 is 0 Å². The largest absolute Gasteiger partial charge is 0.383 e. The number of nitrogens with two attached hydrogens (primary N) is 1. The van der Waals surface area contributed by atoms with Crippen molar-refractivity contribution in [3.05, 3.63) is 83.0 Å². The van der Waals surface area contributed by atoms with E-state index < -0.39 is 0 Å². The third-order valence-corrected chi connectivity index (χ3v) is 6.52. The van der Waals surface area contributed by atoms with Gasteiger partial charge in [-0.05, 0) is 71.7 Å². The summed E-state index contributed by atoms with van der Waals surface area (Å²) in [6.07, 6.45) is 3.62. The molecule has 3 aromatic rings. The summed E-state index contributed by atoms with van der Waals surface area (Å²) in [5, 5.41) is 6.47. The Kier molecular flexibility index (Phi) is 6.86. The van der Waals surface area contributed by atoms with Crippen LogP contribution in [0.25, 0.3) is 11.1 Å². The summed E-state index contributed by atoms with van der Waals surface area (Å²) in [4.78, 5) is 15.6. The second-order valence-corrected chi connectivity index (χ2v) is 8.65. The summed E-state index contributed by atoms with van der Waals surface area (Å²) < 4.78 is 0. The van der Waals surface area contributed by atoms with E-state index in [0.29, 0.717) is 24.2 Å². The van der Waals surface area contributed by atoms with E-state index in [0.717, 1.165) is 31.5 Å². The average molecular weight is 429 g/mol. The van der Waals surface area contributed by atoms with Gasteiger partial charge in [-0.2, -0.15) is 0 Å². The van der Waals surface area contributed by atoms with Crippen LogP contribution < -0.4 is 16.4 Å². The summed E-state index contributed by atoms with van der Waals surface area (Å²) in [6.45, 7) is 6.34. The molecule has 5 heteroatoms. The van der Waals surface area contributed by atoms with Crippen LogP contribution in [0.5, 0.6) is 0 Å². The van der Waals surface area contributed by atoms with Crippen LogP contribution in [0.15, 0.2) is 60.8 Å². The van der Waals surface area contributed by atoms with Gasteiger partial charge in [-0.3, -0.25) is 4.79 Å².